The summed E-state index contributed by atoms with van der Waals surface area (Å²) >= 11 is 0. The minimum absolute atomic E-state index is 0.861. The average molecular weight is 247 g/mol. The van der Waals surface area contributed by atoms with Gasteiger partial charge in [-0.3, -0.25) is 4.90 Å². The van der Waals surface area contributed by atoms with Gasteiger partial charge in [-0.05, 0) is 57.8 Å². The quantitative estimate of drug-likeness (QED) is 0.444. The van der Waals surface area contributed by atoms with Crippen LogP contribution in [-0.2, 0) is 0 Å². The van der Waals surface area contributed by atoms with Gasteiger partial charge in [0, 0.05) is 18.1 Å². The van der Waals surface area contributed by atoms with Crippen LogP contribution in [0.15, 0.2) is 25.3 Å². The molecule has 0 spiro atoms. The molecule has 0 amide bonds. The molecule has 2 rings (SSSR count). The lowest BCUT2D eigenvalue weighted by atomic mass is 10.0. The summed E-state index contributed by atoms with van der Waals surface area (Å²) in [4.78, 5) is 2.89. The first-order valence-corrected chi connectivity index (χ1v) is 7.86. The van der Waals surface area contributed by atoms with Gasteiger partial charge in [0.25, 0.3) is 0 Å². The number of fused-ring (bicyclic) bond motifs is 1. The summed E-state index contributed by atoms with van der Waals surface area (Å²) in [5.74, 6) is 0. The smallest absolute Gasteiger partial charge is 0.0105 e. The zero-order valence-electron chi connectivity index (χ0n) is 11.8. The monoisotopic (exact) mass is 247 g/mol. The van der Waals surface area contributed by atoms with E-state index >= 15 is 0 Å². The van der Waals surface area contributed by atoms with Crippen LogP contribution in [0.1, 0.15) is 64.2 Å². The summed E-state index contributed by atoms with van der Waals surface area (Å²) in [7, 11) is 0. The molecule has 102 valence electrons. The molecule has 0 bridgehead atoms. The van der Waals surface area contributed by atoms with Crippen LogP contribution in [0.2, 0.25) is 0 Å². The Balaban J connectivity index is 1.79. The van der Waals surface area contributed by atoms with Crippen LogP contribution in [0.25, 0.3) is 0 Å². The summed E-state index contributed by atoms with van der Waals surface area (Å²) in [6.45, 7) is 7.68. The molecule has 0 saturated carbocycles. The molecule has 2 aliphatic heterocycles. The van der Waals surface area contributed by atoms with E-state index in [-0.39, 0.29) is 0 Å². The fourth-order valence-electron chi connectivity index (χ4n) is 3.97. The van der Waals surface area contributed by atoms with Gasteiger partial charge >= 0.3 is 0 Å². The van der Waals surface area contributed by atoms with Crippen molar-refractivity contribution in [2.24, 2.45) is 0 Å². The first-order chi connectivity index (χ1) is 8.86. The molecule has 2 aliphatic rings. The zero-order chi connectivity index (χ0) is 12.8. The van der Waals surface area contributed by atoms with Crippen LogP contribution >= 0.6 is 0 Å². The Hall–Kier alpha value is -0.560. The predicted octanol–water partition coefficient (Wildman–Crippen LogP) is 4.69. The maximum Gasteiger partial charge on any atom is 0.0105 e. The third-order valence-corrected chi connectivity index (χ3v) is 4.83. The van der Waals surface area contributed by atoms with Crippen LogP contribution in [0.4, 0.5) is 0 Å². The predicted molar refractivity (Wildman–Crippen MR) is 79.8 cm³/mol. The molecule has 2 fully saturated rings. The molecule has 3 unspecified atom stereocenters. The molecule has 3 atom stereocenters. The van der Waals surface area contributed by atoms with Gasteiger partial charge in [-0.2, -0.15) is 0 Å². The minimum atomic E-state index is 0.861. The van der Waals surface area contributed by atoms with E-state index in [1.165, 1.54) is 64.2 Å². The topological polar surface area (TPSA) is 3.24 Å². The normalized spacial score (nSPS) is 31.4. The lowest BCUT2D eigenvalue weighted by Gasteiger charge is -2.30. The Labute approximate surface area is 113 Å². The number of hydrogen-bond acceptors (Lipinski definition) is 1. The molecule has 0 aromatic carbocycles. The van der Waals surface area contributed by atoms with E-state index in [1.54, 1.807) is 0 Å². The van der Waals surface area contributed by atoms with Crippen LogP contribution in [0.3, 0.4) is 0 Å². The van der Waals surface area contributed by atoms with Crippen molar-refractivity contribution >= 4 is 0 Å². The Morgan fingerprint density at radius 1 is 0.833 bits per heavy atom. The van der Waals surface area contributed by atoms with E-state index in [0.717, 1.165) is 18.1 Å². The summed E-state index contributed by atoms with van der Waals surface area (Å²) in [6, 6.07) is 2.67. The van der Waals surface area contributed by atoms with Crippen LogP contribution in [-0.4, -0.2) is 23.0 Å². The molecule has 0 aromatic heterocycles. The highest BCUT2D eigenvalue weighted by molar-refractivity contribution is 4.97. The molecule has 1 heteroatoms. The Kier molecular flexibility index (Phi) is 5.49. The second-order valence-corrected chi connectivity index (χ2v) is 6.00. The van der Waals surface area contributed by atoms with Crippen molar-refractivity contribution in [1.82, 2.24) is 4.90 Å². The van der Waals surface area contributed by atoms with Gasteiger partial charge in [0.15, 0.2) is 0 Å². The maximum atomic E-state index is 3.87. The molecule has 0 radical (unpaired) electrons. The van der Waals surface area contributed by atoms with Gasteiger partial charge in [0.05, 0.1) is 0 Å². The van der Waals surface area contributed by atoms with Crippen molar-refractivity contribution in [3.8, 4) is 0 Å². The molecule has 2 saturated heterocycles. The average Bonchev–Trinajstić information content (AvgIpc) is 2.95. The van der Waals surface area contributed by atoms with E-state index in [4.69, 9.17) is 0 Å². The summed E-state index contributed by atoms with van der Waals surface area (Å²) in [5, 5.41) is 0. The Morgan fingerprint density at radius 3 is 2.17 bits per heavy atom. The first-order valence-electron chi connectivity index (χ1n) is 7.86. The lowest BCUT2D eigenvalue weighted by molar-refractivity contribution is 0.164. The van der Waals surface area contributed by atoms with E-state index in [2.05, 4.69) is 30.2 Å². The maximum absolute atomic E-state index is 3.87. The third kappa shape index (κ3) is 3.26. The zero-order valence-corrected chi connectivity index (χ0v) is 11.8. The fraction of sp³-hybridized carbons (Fsp3) is 0.765. The van der Waals surface area contributed by atoms with Gasteiger partial charge in [-0.15, -0.1) is 13.2 Å². The van der Waals surface area contributed by atoms with Crippen molar-refractivity contribution in [1.29, 1.82) is 0 Å². The number of rotatable bonds is 8. The van der Waals surface area contributed by atoms with Gasteiger partial charge < -0.3 is 0 Å². The number of nitrogens with zero attached hydrogens (tertiary/aromatic N) is 1. The molecule has 1 nitrogen and oxygen atoms in total. The highest BCUT2D eigenvalue weighted by atomic mass is 15.3. The largest absolute Gasteiger partial charge is 0.294 e. The van der Waals surface area contributed by atoms with Crippen molar-refractivity contribution in [3.63, 3.8) is 0 Å². The molecule has 0 N–H and O–H groups in total. The lowest BCUT2D eigenvalue weighted by Crippen LogP contribution is -2.38. The highest BCUT2D eigenvalue weighted by Gasteiger charge is 2.41. The minimum Gasteiger partial charge on any atom is -0.294 e. The first kappa shape index (κ1) is 13.9. The fourth-order valence-corrected chi connectivity index (χ4v) is 3.97. The van der Waals surface area contributed by atoms with Gasteiger partial charge in [0.2, 0.25) is 0 Å². The standard InChI is InChI=1S/C17H29N/c1-3-5-7-8-10-16-12-14-17-13-11-15(18(16)17)9-6-4-2/h3-4,15-17H,1-2,5-14H2. The number of allylic oxidation sites excluding steroid dienone is 2. The molecule has 2 heterocycles. The highest BCUT2D eigenvalue weighted by Crippen LogP contribution is 2.40. The van der Waals surface area contributed by atoms with Gasteiger partial charge in [0.1, 0.15) is 0 Å². The van der Waals surface area contributed by atoms with Crippen molar-refractivity contribution in [2.45, 2.75) is 82.3 Å². The van der Waals surface area contributed by atoms with Crippen molar-refractivity contribution in [2.75, 3.05) is 0 Å². The SMILES string of the molecule is C=CCCCCC1CCC2CCC(CCC=C)N12. The summed E-state index contributed by atoms with van der Waals surface area (Å²) in [5.41, 5.74) is 0. The van der Waals surface area contributed by atoms with Crippen molar-refractivity contribution in [3.05, 3.63) is 25.3 Å². The van der Waals surface area contributed by atoms with E-state index in [9.17, 15) is 0 Å². The number of hydrogen-bond donors (Lipinski definition) is 0. The van der Waals surface area contributed by atoms with Crippen LogP contribution < -0.4 is 0 Å². The second kappa shape index (κ2) is 7.13. The molecule has 18 heavy (non-hydrogen) atoms. The Bertz CT molecular complexity index is 271. The molecule has 0 aromatic rings. The second-order valence-electron chi connectivity index (χ2n) is 6.00. The molecular formula is C17H29N. The molecular weight excluding hydrogens is 218 g/mol. The van der Waals surface area contributed by atoms with E-state index < -0.39 is 0 Å². The van der Waals surface area contributed by atoms with E-state index in [1.807, 2.05) is 0 Å². The van der Waals surface area contributed by atoms with Gasteiger partial charge in [-0.25, -0.2) is 0 Å². The third-order valence-electron chi connectivity index (χ3n) is 4.83. The van der Waals surface area contributed by atoms with Crippen LogP contribution in [0, 0.1) is 0 Å². The molecule has 0 aliphatic carbocycles. The summed E-state index contributed by atoms with van der Waals surface area (Å²) in [6.07, 6.45) is 17.8. The van der Waals surface area contributed by atoms with Crippen molar-refractivity contribution < 1.29 is 0 Å². The summed E-state index contributed by atoms with van der Waals surface area (Å²) < 4.78 is 0. The van der Waals surface area contributed by atoms with E-state index in [0.29, 0.717) is 0 Å². The van der Waals surface area contributed by atoms with Crippen LogP contribution in [0.5, 0.6) is 0 Å². The van der Waals surface area contributed by atoms with Gasteiger partial charge in [-0.1, -0.05) is 18.6 Å². The number of unbranched alkanes of at least 4 members (excludes halogenated alkanes) is 2. The Morgan fingerprint density at radius 2 is 1.50 bits per heavy atom.